The number of hydrogen-bond donors (Lipinski definition) is 1. The molecule has 0 radical (unpaired) electrons. The standard InChI is InChI=1S/C8H5NO5/c10-7(11)5-1-3-6(4-2-5)8(12)14-9-13/h1-4H,(H,10,11). The minimum Gasteiger partial charge on any atom is -0.478 e. The van der Waals surface area contributed by atoms with Crippen molar-refractivity contribution in [2.45, 2.75) is 0 Å². The summed E-state index contributed by atoms with van der Waals surface area (Å²) >= 11 is 0. The first kappa shape index (κ1) is 9.85. The molecule has 1 aromatic carbocycles. The van der Waals surface area contributed by atoms with Crippen LogP contribution in [0.4, 0.5) is 0 Å². The van der Waals surface area contributed by atoms with Gasteiger partial charge in [0.2, 0.25) is 0 Å². The molecule has 0 aliphatic carbocycles. The van der Waals surface area contributed by atoms with Gasteiger partial charge in [-0.05, 0) is 24.3 Å². The molecule has 0 saturated carbocycles. The van der Waals surface area contributed by atoms with E-state index in [9.17, 15) is 14.5 Å². The lowest BCUT2D eigenvalue weighted by molar-refractivity contribution is 0.0507. The molecule has 0 aliphatic rings. The van der Waals surface area contributed by atoms with Crippen molar-refractivity contribution in [1.82, 2.24) is 0 Å². The Hall–Kier alpha value is -2.24. The van der Waals surface area contributed by atoms with Crippen molar-refractivity contribution in [2.75, 3.05) is 0 Å². The summed E-state index contributed by atoms with van der Waals surface area (Å²) in [5, 5.41) is 10.5. The van der Waals surface area contributed by atoms with Crippen molar-refractivity contribution in [2.24, 2.45) is 5.34 Å². The van der Waals surface area contributed by atoms with E-state index in [0.717, 1.165) is 0 Å². The number of carboxylic acids is 1. The van der Waals surface area contributed by atoms with Gasteiger partial charge in [-0.25, -0.2) is 9.59 Å². The Labute approximate surface area is 78.0 Å². The molecule has 0 saturated heterocycles. The molecule has 14 heavy (non-hydrogen) atoms. The Balaban J connectivity index is 2.88. The molecule has 0 unspecified atom stereocenters. The van der Waals surface area contributed by atoms with E-state index in [1.807, 2.05) is 5.34 Å². The van der Waals surface area contributed by atoms with Crippen molar-refractivity contribution in [3.05, 3.63) is 40.3 Å². The molecule has 1 N–H and O–H groups in total. The Morgan fingerprint density at radius 2 is 1.64 bits per heavy atom. The van der Waals surface area contributed by atoms with E-state index in [0.29, 0.717) is 0 Å². The number of carbonyl (C=O) groups excluding carboxylic acids is 1. The molecular formula is C8H5NO5. The van der Waals surface area contributed by atoms with Gasteiger partial charge in [-0.2, -0.15) is 0 Å². The van der Waals surface area contributed by atoms with Gasteiger partial charge in [0.05, 0.1) is 11.1 Å². The van der Waals surface area contributed by atoms with Crippen LogP contribution in [0.3, 0.4) is 0 Å². The van der Waals surface area contributed by atoms with Crippen LogP contribution in [-0.4, -0.2) is 17.0 Å². The second-order valence-electron chi connectivity index (χ2n) is 2.34. The fourth-order valence-electron chi connectivity index (χ4n) is 0.835. The highest BCUT2D eigenvalue weighted by molar-refractivity contribution is 5.92. The third kappa shape index (κ3) is 2.13. The number of hydrogen-bond acceptors (Lipinski definition) is 5. The molecule has 0 aromatic heterocycles. The molecule has 72 valence electrons. The van der Waals surface area contributed by atoms with Crippen LogP contribution in [0.15, 0.2) is 29.6 Å². The zero-order valence-electron chi connectivity index (χ0n) is 6.84. The quantitative estimate of drug-likeness (QED) is 0.578. The van der Waals surface area contributed by atoms with E-state index in [2.05, 4.69) is 4.84 Å². The van der Waals surface area contributed by atoms with E-state index >= 15 is 0 Å². The fraction of sp³-hybridized carbons (Fsp3) is 0. The SMILES string of the molecule is O=NOC(=O)c1ccc(C(=O)O)cc1. The third-order valence-corrected chi connectivity index (χ3v) is 1.49. The van der Waals surface area contributed by atoms with Crippen LogP contribution < -0.4 is 0 Å². The molecule has 6 nitrogen and oxygen atoms in total. The first-order valence-corrected chi connectivity index (χ1v) is 3.52. The lowest BCUT2D eigenvalue weighted by Crippen LogP contribution is -2.02. The maximum Gasteiger partial charge on any atom is 0.369 e. The Bertz CT molecular complexity index is 370. The van der Waals surface area contributed by atoms with Gasteiger partial charge >= 0.3 is 11.9 Å². The van der Waals surface area contributed by atoms with Gasteiger partial charge in [0, 0.05) is 0 Å². The first-order valence-electron chi connectivity index (χ1n) is 3.52. The zero-order chi connectivity index (χ0) is 10.6. The van der Waals surface area contributed by atoms with Crippen molar-refractivity contribution in [3.63, 3.8) is 0 Å². The molecule has 0 aliphatic heterocycles. The molecule has 1 rings (SSSR count). The van der Waals surface area contributed by atoms with E-state index < -0.39 is 11.9 Å². The van der Waals surface area contributed by atoms with Gasteiger partial charge in [-0.3, -0.25) is 4.84 Å². The molecular weight excluding hydrogens is 190 g/mol. The summed E-state index contributed by atoms with van der Waals surface area (Å²) in [6, 6.07) is 4.92. The minimum absolute atomic E-state index is 0.0422. The van der Waals surface area contributed by atoms with Gasteiger partial charge in [0.15, 0.2) is 5.34 Å². The summed E-state index contributed by atoms with van der Waals surface area (Å²) in [7, 11) is 0. The predicted octanol–water partition coefficient (Wildman–Crippen LogP) is 1.22. The Kier molecular flexibility index (Phi) is 2.90. The van der Waals surface area contributed by atoms with Gasteiger partial charge in [0.25, 0.3) is 0 Å². The number of carboxylic acid groups (broad SMARTS) is 1. The molecule has 0 atom stereocenters. The van der Waals surface area contributed by atoms with Crippen LogP contribution in [0.1, 0.15) is 20.7 Å². The fourth-order valence-corrected chi connectivity index (χ4v) is 0.835. The second-order valence-corrected chi connectivity index (χ2v) is 2.34. The number of rotatable bonds is 3. The summed E-state index contributed by atoms with van der Waals surface area (Å²) in [6.07, 6.45) is 0. The normalized spacial score (nSPS) is 9.14. The van der Waals surface area contributed by atoms with Crippen molar-refractivity contribution in [3.8, 4) is 0 Å². The summed E-state index contributed by atoms with van der Waals surface area (Å²) < 4.78 is 0. The topological polar surface area (TPSA) is 93.0 Å². The lowest BCUT2D eigenvalue weighted by Gasteiger charge is -1.96. The first-order chi connectivity index (χ1) is 6.65. The van der Waals surface area contributed by atoms with Gasteiger partial charge in [0.1, 0.15) is 0 Å². The molecule has 0 bridgehead atoms. The number of nitrogens with zero attached hydrogens (tertiary/aromatic N) is 1. The van der Waals surface area contributed by atoms with E-state index in [4.69, 9.17) is 5.11 Å². The highest BCUT2D eigenvalue weighted by Gasteiger charge is 2.09. The van der Waals surface area contributed by atoms with Crippen molar-refractivity contribution < 1.29 is 19.5 Å². The molecule has 0 amide bonds. The Morgan fingerprint density at radius 1 is 1.14 bits per heavy atom. The minimum atomic E-state index is -1.10. The predicted molar refractivity (Wildman–Crippen MR) is 44.6 cm³/mol. The van der Waals surface area contributed by atoms with E-state index in [1.165, 1.54) is 24.3 Å². The molecule has 0 spiro atoms. The zero-order valence-corrected chi connectivity index (χ0v) is 6.84. The summed E-state index contributed by atoms with van der Waals surface area (Å²) in [5.74, 6) is -2.02. The maximum absolute atomic E-state index is 10.9. The van der Waals surface area contributed by atoms with Crippen LogP contribution in [0.5, 0.6) is 0 Å². The van der Waals surface area contributed by atoms with Crippen LogP contribution in [0.25, 0.3) is 0 Å². The van der Waals surface area contributed by atoms with E-state index in [-0.39, 0.29) is 11.1 Å². The van der Waals surface area contributed by atoms with Crippen LogP contribution in [-0.2, 0) is 4.84 Å². The second kappa shape index (κ2) is 4.13. The summed E-state index contributed by atoms with van der Waals surface area (Å²) in [6.45, 7) is 0. The number of benzene rings is 1. The summed E-state index contributed by atoms with van der Waals surface area (Å²) in [5.41, 5.74) is 0.107. The summed E-state index contributed by atoms with van der Waals surface area (Å²) in [4.78, 5) is 34.7. The van der Waals surface area contributed by atoms with Crippen molar-refractivity contribution >= 4 is 11.9 Å². The van der Waals surface area contributed by atoms with Crippen molar-refractivity contribution in [1.29, 1.82) is 0 Å². The van der Waals surface area contributed by atoms with Gasteiger partial charge < -0.3 is 5.11 Å². The van der Waals surface area contributed by atoms with Crippen LogP contribution in [0.2, 0.25) is 0 Å². The molecule has 6 heteroatoms. The van der Waals surface area contributed by atoms with Crippen LogP contribution in [0, 0.1) is 4.91 Å². The smallest absolute Gasteiger partial charge is 0.369 e. The highest BCUT2D eigenvalue weighted by Crippen LogP contribution is 2.05. The highest BCUT2D eigenvalue weighted by atomic mass is 16.7. The Morgan fingerprint density at radius 3 is 2.07 bits per heavy atom. The van der Waals surface area contributed by atoms with Gasteiger partial charge in [-0.15, -0.1) is 4.91 Å². The molecule has 0 heterocycles. The average Bonchev–Trinajstić information content (AvgIpc) is 2.18. The lowest BCUT2D eigenvalue weighted by atomic mass is 10.1. The monoisotopic (exact) mass is 195 g/mol. The van der Waals surface area contributed by atoms with Crippen LogP contribution >= 0.6 is 0 Å². The molecule has 0 fully saturated rings. The largest absolute Gasteiger partial charge is 0.478 e. The number of aromatic carboxylic acids is 1. The van der Waals surface area contributed by atoms with E-state index in [1.54, 1.807) is 0 Å². The average molecular weight is 195 g/mol. The maximum atomic E-state index is 10.9. The number of carbonyl (C=O) groups is 2. The third-order valence-electron chi connectivity index (χ3n) is 1.49. The molecule has 1 aromatic rings. The van der Waals surface area contributed by atoms with Gasteiger partial charge in [-0.1, -0.05) is 0 Å².